The minimum Gasteiger partial charge on any atom is -0.269 e. The molecule has 0 atom stereocenters. The fourth-order valence-electron chi connectivity index (χ4n) is 2.49. The molecule has 7 heteroatoms. The molecular formula is C17H15ClN2O3S. The summed E-state index contributed by atoms with van der Waals surface area (Å²) in [5.74, 6) is -0.443. The van der Waals surface area contributed by atoms with Crippen LogP contribution in [0.5, 0.6) is 0 Å². The van der Waals surface area contributed by atoms with Crippen LogP contribution in [-0.2, 0) is 21.3 Å². The number of aromatic nitrogens is 2. The first-order valence-corrected chi connectivity index (χ1v) is 9.46. The molecule has 0 aliphatic rings. The molecule has 0 fully saturated rings. The zero-order valence-corrected chi connectivity index (χ0v) is 14.5. The molecule has 1 aromatic carbocycles. The number of aryl methyl sites for hydroxylation is 1. The number of pyridine rings is 1. The smallest absolute Gasteiger partial charge is 0.258 e. The van der Waals surface area contributed by atoms with E-state index in [0.717, 1.165) is 5.56 Å². The van der Waals surface area contributed by atoms with Crippen LogP contribution in [0.15, 0.2) is 53.5 Å². The lowest BCUT2D eigenvalue weighted by Crippen LogP contribution is -2.18. The van der Waals surface area contributed by atoms with E-state index in [0.29, 0.717) is 16.2 Å². The molecule has 3 aromatic rings. The molecule has 0 amide bonds. The quantitative estimate of drug-likeness (QED) is 0.715. The van der Waals surface area contributed by atoms with E-state index in [9.17, 15) is 13.2 Å². The zero-order chi connectivity index (χ0) is 17.3. The molecule has 2 aromatic heterocycles. The first-order valence-electron chi connectivity index (χ1n) is 7.26. The zero-order valence-electron chi connectivity index (χ0n) is 12.9. The van der Waals surface area contributed by atoms with Crippen LogP contribution in [-0.4, -0.2) is 17.8 Å². The maximum absolute atomic E-state index is 12.4. The van der Waals surface area contributed by atoms with Crippen LogP contribution in [0.1, 0.15) is 16.8 Å². The molecule has 0 saturated heterocycles. The maximum atomic E-state index is 12.4. The molecule has 0 N–H and O–H groups in total. The summed E-state index contributed by atoms with van der Waals surface area (Å²) in [6.07, 6.45) is 1.68. The van der Waals surface area contributed by atoms with Crippen LogP contribution in [0, 0.1) is 6.92 Å². The second-order valence-electron chi connectivity index (χ2n) is 5.68. The average molecular weight is 363 g/mol. The molecule has 24 heavy (non-hydrogen) atoms. The predicted molar refractivity (Wildman–Crippen MR) is 94.0 cm³/mol. The van der Waals surface area contributed by atoms with Gasteiger partial charge in [0.25, 0.3) is 5.56 Å². The van der Waals surface area contributed by atoms with Crippen LogP contribution in [0.3, 0.4) is 0 Å². The number of halogens is 1. The molecule has 0 radical (unpaired) electrons. The first kappa shape index (κ1) is 16.7. The lowest BCUT2D eigenvalue weighted by atomic mass is 10.2. The number of sulfone groups is 1. The standard InChI is InChI=1S/C17H15ClN2O3S/c1-12-5-6-16-19-15(8-17(21)20(16)9-12)11-24(22,23)10-13-3-2-4-14(18)7-13/h2-9H,10-11H2,1H3. The molecule has 0 spiro atoms. The number of nitrogens with zero attached hydrogens (tertiary/aromatic N) is 2. The van der Waals surface area contributed by atoms with E-state index < -0.39 is 9.84 Å². The van der Waals surface area contributed by atoms with Crippen molar-refractivity contribution < 1.29 is 8.42 Å². The van der Waals surface area contributed by atoms with E-state index >= 15 is 0 Å². The largest absolute Gasteiger partial charge is 0.269 e. The lowest BCUT2D eigenvalue weighted by molar-refractivity contribution is 0.594. The van der Waals surface area contributed by atoms with Crippen molar-refractivity contribution >= 4 is 27.1 Å². The lowest BCUT2D eigenvalue weighted by Gasteiger charge is -2.07. The minimum absolute atomic E-state index is 0.150. The number of hydrogen-bond acceptors (Lipinski definition) is 4. The third-order valence-electron chi connectivity index (χ3n) is 3.50. The van der Waals surface area contributed by atoms with Crippen LogP contribution >= 0.6 is 11.6 Å². The van der Waals surface area contributed by atoms with Crippen LogP contribution in [0.2, 0.25) is 5.02 Å². The van der Waals surface area contributed by atoms with Crippen LogP contribution < -0.4 is 5.56 Å². The van der Waals surface area contributed by atoms with Gasteiger partial charge >= 0.3 is 0 Å². The van der Waals surface area contributed by atoms with Crippen molar-refractivity contribution in [1.82, 2.24) is 9.38 Å². The SMILES string of the molecule is Cc1ccc2nc(CS(=O)(=O)Cc3cccc(Cl)c3)cc(=O)n2c1. The molecule has 124 valence electrons. The highest BCUT2D eigenvalue weighted by molar-refractivity contribution is 7.89. The Morgan fingerprint density at radius 1 is 1.12 bits per heavy atom. The Morgan fingerprint density at radius 3 is 2.67 bits per heavy atom. The van der Waals surface area contributed by atoms with Gasteiger partial charge in [-0.3, -0.25) is 9.20 Å². The molecule has 5 nitrogen and oxygen atoms in total. The van der Waals surface area contributed by atoms with Crippen molar-refractivity contribution in [2.24, 2.45) is 0 Å². The summed E-state index contributed by atoms with van der Waals surface area (Å²) in [5, 5.41) is 0.486. The molecule has 2 heterocycles. The summed E-state index contributed by atoms with van der Waals surface area (Å²) in [6.45, 7) is 1.87. The number of benzene rings is 1. The van der Waals surface area contributed by atoms with Crippen molar-refractivity contribution in [3.8, 4) is 0 Å². The third-order valence-corrected chi connectivity index (χ3v) is 5.25. The van der Waals surface area contributed by atoms with Crippen molar-refractivity contribution in [2.45, 2.75) is 18.4 Å². The van der Waals surface area contributed by atoms with Gasteiger partial charge in [0.15, 0.2) is 9.84 Å². The van der Waals surface area contributed by atoms with Crippen molar-refractivity contribution in [3.05, 3.63) is 80.9 Å². The topological polar surface area (TPSA) is 68.5 Å². The van der Waals surface area contributed by atoms with Crippen LogP contribution in [0.25, 0.3) is 5.65 Å². The highest BCUT2D eigenvalue weighted by atomic mass is 35.5. The van der Waals surface area contributed by atoms with Gasteiger partial charge in [-0.25, -0.2) is 13.4 Å². The van der Waals surface area contributed by atoms with Crippen molar-refractivity contribution in [2.75, 3.05) is 0 Å². The van der Waals surface area contributed by atoms with E-state index in [2.05, 4.69) is 4.98 Å². The molecule has 0 unspecified atom stereocenters. The van der Waals surface area contributed by atoms with Gasteiger partial charge in [0, 0.05) is 17.3 Å². The summed E-state index contributed by atoms with van der Waals surface area (Å²) in [4.78, 5) is 16.4. The van der Waals surface area contributed by atoms with E-state index in [-0.39, 0.29) is 22.8 Å². The van der Waals surface area contributed by atoms with E-state index in [4.69, 9.17) is 11.6 Å². The predicted octanol–water partition coefficient (Wildman–Crippen LogP) is 2.77. The molecular weight excluding hydrogens is 348 g/mol. The second-order valence-corrected chi connectivity index (χ2v) is 8.18. The molecule has 0 bridgehead atoms. The molecule has 3 rings (SSSR count). The van der Waals surface area contributed by atoms with Gasteiger partial charge in [0.2, 0.25) is 0 Å². The second kappa shape index (κ2) is 6.37. The minimum atomic E-state index is -3.47. The Labute approximate surface area is 144 Å². The average Bonchev–Trinajstić information content (AvgIpc) is 2.47. The van der Waals surface area contributed by atoms with Gasteiger partial charge in [0.1, 0.15) is 5.65 Å². The Morgan fingerprint density at radius 2 is 1.92 bits per heavy atom. The van der Waals surface area contributed by atoms with E-state index in [1.807, 2.05) is 13.0 Å². The summed E-state index contributed by atoms with van der Waals surface area (Å²) in [7, 11) is -3.47. The summed E-state index contributed by atoms with van der Waals surface area (Å²) in [5.41, 5.74) is 1.91. The summed E-state index contributed by atoms with van der Waals surface area (Å²) in [6, 6.07) is 11.5. The van der Waals surface area contributed by atoms with Crippen LogP contribution in [0.4, 0.5) is 0 Å². The maximum Gasteiger partial charge on any atom is 0.258 e. The number of rotatable bonds is 4. The normalized spacial score (nSPS) is 11.8. The van der Waals surface area contributed by atoms with Gasteiger partial charge in [-0.15, -0.1) is 0 Å². The van der Waals surface area contributed by atoms with Gasteiger partial charge in [-0.05, 0) is 36.2 Å². The molecule has 0 saturated carbocycles. The third kappa shape index (κ3) is 3.83. The highest BCUT2D eigenvalue weighted by Crippen LogP contribution is 2.15. The summed E-state index contributed by atoms with van der Waals surface area (Å²) < 4.78 is 26.2. The molecule has 0 aliphatic carbocycles. The fraction of sp³-hybridized carbons (Fsp3) is 0.176. The highest BCUT2D eigenvalue weighted by Gasteiger charge is 2.15. The van der Waals surface area contributed by atoms with Gasteiger partial charge in [-0.1, -0.05) is 29.8 Å². The fourth-order valence-corrected chi connectivity index (χ4v) is 4.09. The Balaban J connectivity index is 1.91. The van der Waals surface area contributed by atoms with E-state index in [1.165, 1.54) is 10.5 Å². The monoisotopic (exact) mass is 362 g/mol. The summed E-state index contributed by atoms with van der Waals surface area (Å²) >= 11 is 5.88. The Bertz CT molecular complexity index is 1070. The number of hydrogen-bond donors (Lipinski definition) is 0. The van der Waals surface area contributed by atoms with Crippen molar-refractivity contribution in [1.29, 1.82) is 0 Å². The number of fused-ring (bicyclic) bond motifs is 1. The molecule has 0 aliphatic heterocycles. The van der Waals surface area contributed by atoms with Crippen molar-refractivity contribution in [3.63, 3.8) is 0 Å². The Kier molecular flexibility index (Phi) is 4.43. The van der Waals surface area contributed by atoms with Gasteiger partial charge in [0.05, 0.1) is 17.2 Å². The van der Waals surface area contributed by atoms with Gasteiger partial charge < -0.3 is 0 Å². The Hall–Kier alpha value is -2.18. The first-order chi connectivity index (χ1) is 11.3. The van der Waals surface area contributed by atoms with E-state index in [1.54, 1.807) is 36.5 Å². The van der Waals surface area contributed by atoms with Gasteiger partial charge in [-0.2, -0.15) is 0 Å².